The summed E-state index contributed by atoms with van der Waals surface area (Å²) in [7, 11) is 3.86. The number of pyridine rings is 2. The average Bonchev–Trinajstić information content (AvgIpc) is 3.15. The Morgan fingerprint density at radius 2 is 2.03 bits per heavy atom. The van der Waals surface area contributed by atoms with Gasteiger partial charge in [-0.2, -0.15) is 5.10 Å². The fraction of sp³-hybridized carbons (Fsp3) is 0.300. The fourth-order valence-electron chi connectivity index (χ4n) is 2.61. The van der Waals surface area contributed by atoms with Crippen molar-refractivity contribution in [2.45, 2.75) is 13.8 Å². The summed E-state index contributed by atoms with van der Waals surface area (Å²) in [6, 6.07) is 7.50. The van der Waals surface area contributed by atoms with Gasteiger partial charge in [0.1, 0.15) is 29.8 Å². The van der Waals surface area contributed by atoms with E-state index in [1.165, 1.54) is 0 Å². The Hall–Kier alpha value is -3.80. The second-order valence-corrected chi connectivity index (χ2v) is 6.70. The van der Waals surface area contributed by atoms with E-state index in [4.69, 9.17) is 11.3 Å². The predicted molar refractivity (Wildman–Crippen MR) is 114 cm³/mol. The SMILES string of the molecule is [C-]#[N+]c1c(C)cc(Nc2cc(N(C)C)[nH]n2)nc1NCCOc1ccc(C)nc1. The summed E-state index contributed by atoms with van der Waals surface area (Å²) >= 11 is 0. The van der Waals surface area contributed by atoms with E-state index in [0.29, 0.717) is 42.0 Å². The molecule has 9 heteroatoms. The molecule has 0 aliphatic rings. The molecule has 0 saturated carbocycles. The Balaban J connectivity index is 1.66. The first-order valence-electron chi connectivity index (χ1n) is 9.14. The van der Waals surface area contributed by atoms with Gasteiger partial charge in [0.05, 0.1) is 12.8 Å². The summed E-state index contributed by atoms with van der Waals surface area (Å²) in [6.45, 7) is 12.2. The maximum Gasteiger partial charge on any atom is 0.231 e. The van der Waals surface area contributed by atoms with Crippen LogP contribution in [0, 0.1) is 20.4 Å². The minimum atomic E-state index is 0.423. The van der Waals surface area contributed by atoms with E-state index >= 15 is 0 Å². The van der Waals surface area contributed by atoms with Crippen molar-refractivity contribution in [1.29, 1.82) is 0 Å². The van der Waals surface area contributed by atoms with Crippen LogP contribution in [-0.2, 0) is 0 Å². The standard InChI is InChI=1S/C20H24N8O/c1-13-10-16(24-17-11-18(27-26-17)28(4)5)25-20(19(13)21-3)22-8-9-29-15-7-6-14(2)23-12-15/h6-7,10-12H,8-9H2,1-2,4-5H3,(H3,22,24,25,26,27). The molecule has 0 atom stereocenters. The number of aryl methyl sites for hydroxylation is 2. The highest BCUT2D eigenvalue weighted by molar-refractivity contribution is 5.73. The van der Waals surface area contributed by atoms with Crippen molar-refractivity contribution >= 4 is 29.0 Å². The van der Waals surface area contributed by atoms with Gasteiger partial charge in [-0.1, -0.05) is 0 Å². The van der Waals surface area contributed by atoms with Gasteiger partial charge in [-0.3, -0.25) is 10.1 Å². The quantitative estimate of drug-likeness (QED) is 0.398. The zero-order chi connectivity index (χ0) is 20.8. The topological polar surface area (TPSA) is 95.4 Å². The zero-order valence-corrected chi connectivity index (χ0v) is 16.9. The first kappa shape index (κ1) is 19.9. The minimum Gasteiger partial charge on any atom is -0.490 e. The van der Waals surface area contributed by atoms with Gasteiger partial charge in [0.2, 0.25) is 5.69 Å². The normalized spacial score (nSPS) is 10.3. The molecular weight excluding hydrogens is 368 g/mol. The molecule has 0 aliphatic carbocycles. The molecule has 150 valence electrons. The smallest absolute Gasteiger partial charge is 0.231 e. The molecule has 0 radical (unpaired) electrons. The molecular formula is C20H24N8O. The number of ether oxygens (including phenoxy) is 1. The Labute approximate surface area is 170 Å². The number of hydrogen-bond acceptors (Lipinski definition) is 7. The molecule has 0 spiro atoms. The molecule has 29 heavy (non-hydrogen) atoms. The largest absolute Gasteiger partial charge is 0.490 e. The second-order valence-electron chi connectivity index (χ2n) is 6.70. The molecule has 3 heterocycles. The molecule has 0 fully saturated rings. The molecule has 3 rings (SSSR count). The number of H-pyrrole nitrogens is 1. The van der Waals surface area contributed by atoms with E-state index in [1.54, 1.807) is 6.20 Å². The molecule has 3 aromatic heterocycles. The average molecular weight is 392 g/mol. The van der Waals surface area contributed by atoms with Crippen molar-refractivity contribution in [3.8, 4) is 5.75 Å². The van der Waals surface area contributed by atoms with Gasteiger partial charge in [0.15, 0.2) is 5.82 Å². The summed E-state index contributed by atoms with van der Waals surface area (Å²) in [6.07, 6.45) is 1.69. The van der Waals surface area contributed by atoms with E-state index in [-0.39, 0.29) is 0 Å². The summed E-state index contributed by atoms with van der Waals surface area (Å²) in [5.74, 6) is 3.35. The summed E-state index contributed by atoms with van der Waals surface area (Å²) in [5.41, 5.74) is 2.26. The highest BCUT2D eigenvalue weighted by Crippen LogP contribution is 2.30. The van der Waals surface area contributed by atoms with Crippen LogP contribution in [0.3, 0.4) is 0 Å². The number of rotatable bonds is 8. The Morgan fingerprint density at radius 1 is 1.21 bits per heavy atom. The first-order valence-corrected chi connectivity index (χ1v) is 9.14. The Bertz CT molecular complexity index is 1000. The summed E-state index contributed by atoms with van der Waals surface area (Å²) < 4.78 is 5.67. The van der Waals surface area contributed by atoms with Gasteiger partial charge in [0.25, 0.3) is 0 Å². The van der Waals surface area contributed by atoms with E-state index in [0.717, 1.165) is 17.1 Å². The third-order valence-electron chi connectivity index (χ3n) is 4.14. The maximum atomic E-state index is 7.46. The zero-order valence-electron chi connectivity index (χ0n) is 16.9. The molecule has 0 saturated heterocycles. The monoisotopic (exact) mass is 392 g/mol. The Kier molecular flexibility index (Phi) is 6.14. The van der Waals surface area contributed by atoms with Crippen LogP contribution in [0.25, 0.3) is 4.85 Å². The highest BCUT2D eigenvalue weighted by Gasteiger charge is 2.12. The molecule has 0 aromatic carbocycles. The Morgan fingerprint density at radius 3 is 2.69 bits per heavy atom. The van der Waals surface area contributed by atoms with Crippen LogP contribution in [0.5, 0.6) is 5.75 Å². The van der Waals surface area contributed by atoms with E-state index in [1.807, 2.05) is 57.1 Å². The van der Waals surface area contributed by atoms with Crippen LogP contribution >= 0.6 is 0 Å². The molecule has 3 N–H and O–H groups in total. The number of hydrogen-bond donors (Lipinski definition) is 3. The maximum absolute atomic E-state index is 7.46. The number of aromatic amines is 1. The van der Waals surface area contributed by atoms with E-state index in [9.17, 15) is 0 Å². The van der Waals surface area contributed by atoms with Crippen molar-refractivity contribution in [1.82, 2.24) is 20.2 Å². The molecule has 0 bridgehead atoms. The predicted octanol–water partition coefficient (Wildman–Crippen LogP) is 3.67. The van der Waals surface area contributed by atoms with Crippen LogP contribution in [0.1, 0.15) is 11.3 Å². The van der Waals surface area contributed by atoms with Crippen LogP contribution in [0.2, 0.25) is 0 Å². The first-order chi connectivity index (χ1) is 14.0. The van der Waals surface area contributed by atoms with Gasteiger partial charge in [-0.05, 0) is 37.6 Å². The summed E-state index contributed by atoms with van der Waals surface area (Å²) in [4.78, 5) is 14.3. The lowest BCUT2D eigenvalue weighted by molar-refractivity contribution is 0.331. The van der Waals surface area contributed by atoms with Crippen LogP contribution in [0.15, 0.2) is 30.5 Å². The second kappa shape index (κ2) is 8.93. The van der Waals surface area contributed by atoms with Crippen LogP contribution in [0.4, 0.5) is 29.0 Å². The molecule has 3 aromatic rings. The van der Waals surface area contributed by atoms with E-state index in [2.05, 4.69) is 35.6 Å². The van der Waals surface area contributed by atoms with Gasteiger partial charge in [0, 0.05) is 32.4 Å². The lowest BCUT2D eigenvalue weighted by atomic mass is 10.2. The van der Waals surface area contributed by atoms with Gasteiger partial charge < -0.3 is 20.3 Å². The van der Waals surface area contributed by atoms with Crippen molar-refractivity contribution in [3.05, 3.63) is 53.1 Å². The lowest BCUT2D eigenvalue weighted by Crippen LogP contribution is -2.13. The van der Waals surface area contributed by atoms with Crippen molar-refractivity contribution in [2.75, 3.05) is 42.8 Å². The third kappa shape index (κ3) is 5.13. The molecule has 9 nitrogen and oxygen atoms in total. The number of nitrogens with zero attached hydrogens (tertiary/aromatic N) is 5. The molecule has 0 aliphatic heterocycles. The third-order valence-corrected chi connectivity index (χ3v) is 4.14. The highest BCUT2D eigenvalue weighted by atomic mass is 16.5. The number of anilines is 4. The number of nitrogens with one attached hydrogen (secondary N) is 3. The lowest BCUT2D eigenvalue weighted by Gasteiger charge is -2.13. The van der Waals surface area contributed by atoms with Crippen molar-refractivity contribution in [3.63, 3.8) is 0 Å². The number of aromatic nitrogens is 4. The van der Waals surface area contributed by atoms with Gasteiger partial charge in [-0.15, -0.1) is 0 Å². The van der Waals surface area contributed by atoms with Crippen LogP contribution < -0.4 is 20.3 Å². The van der Waals surface area contributed by atoms with E-state index < -0.39 is 0 Å². The fourth-order valence-corrected chi connectivity index (χ4v) is 2.61. The van der Waals surface area contributed by atoms with Gasteiger partial charge >= 0.3 is 0 Å². The molecule has 0 unspecified atom stereocenters. The van der Waals surface area contributed by atoms with Crippen molar-refractivity contribution in [2.24, 2.45) is 0 Å². The molecule has 0 amide bonds. The van der Waals surface area contributed by atoms with Gasteiger partial charge in [-0.25, -0.2) is 9.83 Å². The minimum absolute atomic E-state index is 0.423. The van der Waals surface area contributed by atoms with Crippen molar-refractivity contribution < 1.29 is 4.74 Å². The van der Waals surface area contributed by atoms with Crippen LogP contribution in [-0.4, -0.2) is 47.4 Å². The summed E-state index contributed by atoms with van der Waals surface area (Å²) in [5, 5.41) is 13.5.